The van der Waals surface area contributed by atoms with E-state index in [4.69, 9.17) is 19.7 Å². The van der Waals surface area contributed by atoms with Crippen LogP contribution in [0.1, 0.15) is 52.6 Å². The van der Waals surface area contributed by atoms with Crippen molar-refractivity contribution in [1.82, 2.24) is 0 Å². The zero-order valence-corrected chi connectivity index (χ0v) is 12.3. The molecule has 0 saturated heterocycles. The number of carboxylic acid groups (broad SMARTS) is 2. The molecule has 0 bridgehead atoms. The smallest absolute Gasteiger partial charge is 0.342 e. The molecule has 2 N–H and O–H groups in total. The van der Waals surface area contributed by atoms with Crippen LogP contribution >= 0.6 is 0 Å². The third-order valence-corrected chi connectivity index (χ3v) is 4.15. The largest absolute Gasteiger partial charge is 0.478 e. The first-order chi connectivity index (χ1) is 11.8. The van der Waals surface area contributed by atoms with E-state index in [1.807, 2.05) is 0 Å². The van der Waals surface area contributed by atoms with Crippen molar-refractivity contribution in [2.24, 2.45) is 0 Å². The molecule has 2 aliphatic heterocycles. The fourth-order valence-corrected chi connectivity index (χ4v) is 3.02. The molecule has 0 amide bonds. The first kappa shape index (κ1) is 14.9. The minimum absolute atomic E-state index is 0.0251. The minimum atomic E-state index is -1.83. The molecule has 0 radical (unpaired) electrons. The maximum absolute atomic E-state index is 12.2. The van der Waals surface area contributed by atoms with Gasteiger partial charge in [-0.1, -0.05) is 0 Å². The maximum Gasteiger partial charge on any atom is 0.342 e. The second-order valence-corrected chi connectivity index (χ2v) is 5.53. The zero-order chi connectivity index (χ0) is 17.9. The van der Waals surface area contributed by atoms with E-state index in [0.717, 1.165) is 12.1 Å². The summed E-state index contributed by atoms with van der Waals surface area (Å²) in [7, 11) is 0. The molecule has 2 aromatic carbocycles. The van der Waals surface area contributed by atoms with Gasteiger partial charge in [0.15, 0.2) is 0 Å². The van der Waals surface area contributed by atoms with Crippen LogP contribution in [0.15, 0.2) is 36.4 Å². The number of carbonyl (C=O) groups is 4. The molecule has 0 saturated carbocycles. The third-order valence-electron chi connectivity index (χ3n) is 4.15. The monoisotopic (exact) mass is 340 g/mol. The molecule has 0 unspecified atom stereocenters. The van der Waals surface area contributed by atoms with E-state index in [-0.39, 0.29) is 33.4 Å². The number of fused-ring (bicyclic) bond motifs is 4. The maximum atomic E-state index is 12.2. The van der Waals surface area contributed by atoms with Crippen LogP contribution in [0.5, 0.6) is 0 Å². The van der Waals surface area contributed by atoms with Crippen LogP contribution in [0.2, 0.25) is 0 Å². The normalized spacial score (nSPS) is 16.2. The van der Waals surface area contributed by atoms with Crippen molar-refractivity contribution >= 4 is 23.9 Å². The minimum Gasteiger partial charge on any atom is -0.478 e. The highest BCUT2D eigenvalue weighted by molar-refractivity contribution is 6.03. The van der Waals surface area contributed by atoms with E-state index in [0.29, 0.717) is 0 Å². The first-order valence-corrected chi connectivity index (χ1v) is 7.06. The van der Waals surface area contributed by atoms with Crippen LogP contribution in [0, 0.1) is 0 Å². The van der Waals surface area contributed by atoms with Crippen LogP contribution in [0.4, 0.5) is 0 Å². The van der Waals surface area contributed by atoms with Gasteiger partial charge in [0.2, 0.25) is 0 Å². The average Bonchev–Trinajstić information content (AvgIpc) is 3.02. The number of carbonyl (C=O) groups excluding carboxylic acids is 2. The SMILES string of the molecule is O=C(O)c1ccc2c(c1)C(=O)OC21OC(=O)c2cc(C(=O)O)ccc21. The molecule has 8 nitrogen and oxygen atoms in total. The highest BCUT2D eigenvalue weighted by Gasteiger charge is 2.56. The van der Waals surface area contributed by atoms with Crippen molar-refractivity contribution in [2.45, 2.75) is 5.79 Å². The summed E-state index contributed by atoms with van der Waals surface area (Å²) in [4.78, 5) is 46.5. The van der Waals surface area contributed by atoms with Gasteiger partial charge < -0.3 is 19.7 Å². The topological polar surface area (TPSA) is 127 Å². The van der Waals surface area contributed by atoms with E-state index in [9.17, 15) is 19.2 Å². The molecule has 2 aliphatic rings. The number of carboxylic acids is 2. The number of hydrogen-bond donors (Lipinski definition) is 2. The van der Waals surface area contributed by atoms with E-state index in [2.05, 4.69) is 0 Å². The Morgan fingerprint density at radius 2 is 1.16 bits per heavy atom. The Balaban J connectivity index is 1.93. The molecule has 25 heavy (non-hydrogen) atoms. The summed E-state index contributed by atoms with van der Waals surface area (Å²) in [5.74, 6) is -5.92. The molecule has 0 aliphatic carbocycles. The van der Waals surface area contributed by atoms with Crippen LogP contribution in [-0.2, 0) is 15.3 Å². The van der Waals surface area contributed by atoms with Gasteiger partial charge in [-0.25, -0.2) is 19.2 Å². The Bertz CT molecular complexity index is 922. The van der Waals surface area contributed by atoms with E-state index < -0.39 is 29.7 Å². The Morgan fingerprint density at radius 3 is 1.52 bits per heavy atom. The molecule has 0 fully saturated rings. The summed E-state index contributed by atoms with van der Waals surface area (Å²) in [5, 5.41) is 18.1. The third kappa shape index (κ3) is 1.87. The van der Waals surface area contributed by atoms with Crippen molar-refractivity contribution in [3.63, 3.8) is 0 Å². The number of rotatable bonds is 2. The van der Waals surface area contributed by atoms with Gasteiger partial charge in [0.05, 0.1) is 33.4 Å². The van der Waals surface area contributed by atoms with Gasteiger partial charge in [-0.15, -0.1) is 0 Å². The fraction of sp³-hybridized carbons (Fsp3) is 0.0588. The van der Waals surface area contributed by atoms with E-state index >= 15 is 0 Å². The van der Waals surface area contributed by atoms with Crippen molar-refractivity contribution in [1.29, 1.82) is 0 Å². The molecular weight excluding hydrogens is 332 g/mol. The Hall–Kier alpha value is -3.68. The van der Waals surface area contributed by atoms with Crippen molar-refractivity contribution < 1.29 is 38.9 Å². The van der Waals surface area contributed by atoms with Crippen LogP contribution < -0.4 is 0 Å². The molecule has 2 heterocycles. The highest BCUT2D eigenvalue weighted by Crippen LogP contribution is 2.48. The molecule has 8 heteroatoms. The average molecular weight is 340 g/mol. The van der Waals surface area contributed by atoms with Gasteiger partial charge in [-0.2, -0.15) is 0 Å². The summed E-state index contributed by atoms with van der Waals surface area (Å²) < 4.78 is 10.6. The van der Waals surface area contributed by atoms with Crippen molar-refractivity contribution in [3.05, 3.63) is 69.8 Å². The number of ether oxygens (including phenoxy) is 2. The molecule has 1 spiro atoms. The van der Waals surface area contributed by atoms with Crippen molar-refractivity contribution in [3.8, 4) is 0 Å². The van der Waals surface area contributed by atoms with Gasteiger partial charge in [0.1, 0.15) is 0 Å². The molecular formula is C17H8O8. The summed E-state index contributed by atoms with van der Waals surface area (Å²) in [6, 6.07) is 7.51. The van der Waals surface area contributed by atoms with Gasteiger partial charge in [-0.05, 0) is 36.4 Å². The van der Waals surface area contributed by atoms with Crippen molar-refractivity contribution in [2.75, 3.05) is 0 Å². The number of hydrogen-bond acceptors (Lipinski definition) is 6. The predicted molar refractivity (Wildman–Crippen MR) is 78.4 cm³/mol. The lowest BCUT2D eigenvalue weighted by Crippen LogP contribution is -2.27. The summed E-state index contributed by atoms with van der Waals surface area (Å²) >= 11 is 0. The summed E-state index contributed by atoms with van der Waals surface area (Å²) in [6.07, 6.45) is 0. The summed E-state index contributed by atoms with van der Waals surface area (Å²) in [5.41, 5.74) is 0.109. The van der Waals surface area contributed by atoms with Gasteiger partial charge in [0.25, 0.3) is 0 Å². The highest BCUT2D eigenvalue weighted by atomic mass is 16.7. The Labute approximate surface area is 139 Å². The second kappa shape index (κ2) is 4.67. The fourth-order valence-electron chi connectivity index (χ4n) is 3.02. The quantitative estimate of drug-likeness (QED) is 0.790. The van der Waals surface area contributed by atoms with Crippen LogP contribution in [0.25, 0.3) is 0 Å². The zero-order valence-electron chi connectivity index (χ0n) is 12.3. The van der Waals surface area contributed by atoms with E-state index in [1.165, 1.54) is 24.3 Å². The standard InChI is InChI=1S/C17H8O8/c18-13(19)7-1-3-11-9(5-7)15(22)24-17(11)12-4-2-8(14(20)21)6-10(12)16(23)25-17/h1-6H,(H,18,19)(H,20,21). The lowest BCUT2D eigenvalue weighted by atomic mass is 9.92. The van der Waals surface area contributed by atoms with Gasteiger partial charge in [0, 0.05) is 0 Å². The Morgan fingerprint density at radius 1 is 0.760 bits per heavy atom. The molecule has 0 atom stereocenters. The van der Waals surface area contributed by atoms with Crippen LogP contribution in [-0.4, -0.2) is 34.1 Å². The Kier molecular flexibility index (Phi) is 2.78. The predicted octanol–water partition coefficient (Wildman–Crippen LogP) is 1.62. The van der Waals surface area contributed by atoms with Gasteiger partial charge in [-0.3, -0.25) is 0 Å². The lowest BCUT2D eigenvalue weighted by Gasteiger charge is -2.22. The number of esters is 2. The second-order valence-electron chi connectivity index (χ2n) is 5.53. The first-order valence-electron chi connectivity index (χ1n) is 7.06. The summed E-state index contributed by atoms with van der Waals surface area (Å²) in [6.45, 7) is 0. The lowest BCUT2D eigenvalue weighted by molar-refractivity contribution is -0.126. The van der Waals surface area contributed by atoms with E-state index in [1.54, 1.807) is 0 Å². The molecule has 124 valence electrons. The molecule has 0 aromatic heterocycles. The number of benzene rings is 2. The van der Waals surface area contributed by atoms with Gasteiger partial charge >= 0.3 is 29.7 Å². The molecule has 2 aromatic rings. The number of aromatic carboxylic acids is 2. The molecule has 4 rings (SSSR count). The van der Waals surface area contributed by atoms with Crippen LogP contribution in [0.3, 0.4) is 0 Å².